The van der Waals surface area contributed by atoms with Crippen LogP contribution in [-0.2, 0) is 20.1 Å². The molecule has 0 bridgehead atoms. The molecule has 18 heavy (non-hydrogen) atoms. The number of hydrogen-bond donors (Lipinski definition) is 1. The minimum absolute atomic E-state index is 0.712. The Morgan fingerprint density at radius 1 is 1.33 bits per heavy atom. The fraction of sp³-hybridized carbons (Fsp3) is 0.385. The maximum absolute atomic E-state index is 5.23. The summed E-state index contributed by atoms with van der Waals surface area (Å²) in [6, 6.07) is 5.87. The summed E-state index contributed by atoms with van der Waals surface area (Å²) in [5, 5.41) is 7.47. The molecule has 2 aromatic heterocycles. The van der Waals surface area contributed by atoms with Gasteiger partial charge in [0.15, 0.2) is 0 Å². The fourth-order valence-electron chi connectivity index (χ4n) is 1.80. The molecule has 0 unspecified atom stereocenters. The summed E-state index contributed by atoms with van der Waals surface area (Å²) in [5.41, 5.74) is 3.09. The third-order valence-electron chi connectivity index (χ3n) is 2.75. The van der Waals surface area contributed by atoms with Crippen LogP contribution in [-0.4, -0.2) is 21.9 Å². The first-order chi connectivity index (χ1) is 8.69. The van der Waals surface area contributed by atoms with E-state index in [0.29, 0.717) is 6.54 Å². The highest BCUT2D eigenvalue weighted by Gasteiger charge is 2.02. The van der Waals surface area contributed by atoms with Crippen molar-refractivity contribution in [3.05, 3.63) is 41.5 Å². The normalized spacial score (nSPS) is 10.6. The second-order valence-electron chi connectivity index (χ2n) is 4.19. The number of nitrogens with zero attached hydrogens (tertiary/aromatic N) is 3. The van der Waals surface area contributed by atoms with Crippen molar-refractivity contribution >= 4 is 0 Å². The Bertz CT molecular complexity index is 521. The Morgan fingerprint density at radius 3 is 2.83 bits per heavy atom. The van der Waals surface area contributed by atoms with Crippen molar-refractivity contribution in [3.8, 4) is 5.75 Å². The van der Waals surface area contributed by atoms with Crippen molar-refractivity contribution in [2.75, 3.05) is 7.11 Å². The van der Waals surface area contributed by atoms with Crippen molar-refractivity contribution in [2.45, 2.75) is 20.0 Å². The van der Waals surface area contributed by atoms with Crippen LogP contribution in [0.25, 0.3) is 0 Å². The molecule has 0 aliphatic rings. The summed E-state index contributed by atoms with van der Waals surface area (Å²) in [5.74, 6) is 0.847. The number of pyridine rings is 1. The predicted octanol–water partition coefficient (Wildman–Crippen LogP) is 1.42. The van der Waals surface area contributed by atoms with Crippen molar-refractivity contribution < 1.29 is 4.74 Å². The molecule has 0 aliphatic carbocycles. The van der Waals surface area contributed by atoms with Crippen molar-refractivity contribution in [1.82, 2.24) is 20.1 Å². The highest BCUT2D eigenvalue weighted by molar-refractivity contribution is 5.26. The molecule has 0 radical (unpaired) electrons. The Balaban J connectivity index is 1.94. The van der Waals surface area contributed by atoms with Crippen LogP contribution in [0.2, 0.25) is 0 Å². The summed E-state index contributed by atoms with van der Waals surface area (Å²) in [7, 11) is 3.60. The van der Waals surface area contributed by atoms with E-state index in [0.717, 1.165) is 29.4 Å². The van der Waals surface area contributed by atoms with Gasteiger partial charge in [0.2, 0.25) is 0 Å². The molecule has 2 aromatic rings. The molecule has 2 rings (SSSR count). The first kappa shape index (κ1) is 12.6. The highest BCUT2D eigenvalue weighted by Crippen LogP contribution is 2.13. The lowest BCUT2D eigenvalue weighted by molar-refractivity contribution is 0.412. The van der Waals surface area contributed by atoms with Gasteiger partial charge in [-0.15, -0.1) is 0 Å². The van der Waals surface area contributed by atoms with E-state index in [4.69, 9.17) is 4.74 Å². The molecule has 0 atom stereocenters. The number of ether oxygens (including phenoxy) is 1. The van der Waals surface area contributed by atoms with Crippen molar-refractivity contribution in [1.29, 1.82) is 0 Å². The molecule has 1 N–H and O–H groups in total. The zero-order valence-corrected chi connectivity index (χ0v) is 11.0. The Morgan fingerprint density at radius 2 is 2.17 bits per heavy atom. The summed E-state index contributed by atoms with van der Waals surface area (Å²) in [6.07, 6.45) is 1.80. The largest absolute Gasteiger partial charge is 0.497 e. The highest BCUT2D eigenvalue weighted by atomic mass is 16.5. The first-order valence-electron chi connectivity index (χ1n) is 5.88. The van der Waals surface area contributed by atoms with Crippen LogP contribution in [0.3, 0.4) is 0 Å². The minimum atomic E-state index is 0.712. The molecule has 5 heteroatoms. The van der Waals surface area contributed by atoms with Gasteiger partial charge in [-0.3, -0.25) is 9.67 Å². The van der Waals surface area contributed by atoms with Crippen LogP contribution < -0.4 is 10.1 Å². The van der Waals surface area contributed by atoms with E-state index in [-0.39, 0.29) is 0 Å². The third kappa shape index (κ3) is 3.07. The molecule has 0 fully saturated rings. The van der Waals surface area contributed by atoms with E-state index in [2.05, 4.69) is 15.4 Å². The van der Waals surface area contributed by atoms with Crippen LogP contribution in [0.5, 0.6) is 5.75 Å². The van der Waals surface area contributed by atoms with E-state index >= 15 is 0 Å². The zero-order chi connectivity index (χ0) is 13.0. The number of rotatable bonds is 5. The molecule has 2 heterocycles. The molecule has 0 aromatic carbocycles. The lowest BCUT2D eigenvalue weighted by Gasteiger charge is -2.07. The first-order valence-corrected chi connectivity index (χ1v) is 5.88. The van der Waals surface area contributed by atoms with Gasteiger partial charge in [0.25, 0.3) is 0 Å². The lowest BCUT2D eigenvalue weighted by atomic mass is 10.3. The SMILES string of the molecule is COc1cc(C)nc(CNCc2ccnn2C)c1. The molecule has 0 saturated carbocycles. The topological polar surface area (TPSA) is 52.0 Å². The third-order valence-corrected chi connectivity index (χ3v) is 2.75. The average Bonchev–Trinajstić information content (AvgIpc) is 2.74. The number of hydrogen-bond acceptors (Lipinski definition) is 4. The minimum Gasteiger partial charge on any atom is -0.497 e. The maximum Gasteiger partial charge on any atom is 0.122 e. The maximum atomic E-state index is 5.23. The van der Waals surface area contributed by atoms with E-state index in [9.17, 15) is 0 Å². The quantitative estimate of drug-likeness (QED) is 0.867. The monoisotopic (exact) mass is 246 g/mol. The summed E-state index contributed by atoms with van der Waals surface area (Å²) < 4.78 is 7.08. The number of aryl methyl sites for hydroxylation is 2. The average molecular weight is 246 g/mol. The summed E-state index contributed by atoms with van der Waals surface area (Å²) in [6.45, 7) is 3.45. The number of methoxy groups -OCH3 is 1. The number of aromatic nitrogens is 3. The van der Waals surface area contributed by atoms with E-state index < -0.39 is 0 Å². The Hall–Kier alpha value is -1.88. The lowest BCUT2D eigenvalue weighted by Crippen LogP contribution is -2.16. The summed E-state index contributed by atoms with van der Waals surface area (Å²) >= 11 is 0. The van der Waals surface area contributed by atoms with Crippen LogP contribution in [0.1, 0.15) is 17.1 Å². The molecular formula is C13H18N4O. The zero-order valence-electron chi connectivity index (χ0n) is 11.0. The van der Waals surface area contributed by atoms with Crippen LogP contribution in [0.15, 0.2) is 24.4 Å². The van der Waals surface area contributed by atoms with Gasteiger partial charge in [-0.05, 0) is 13.0 Å². The molecule has 0 amide bonds. The van der Waals surface area contributed by atoms with E-state index in [1.807, 2.05) is 36.9 Å². The predicted molar refractivity (Wildman–Crippen MR) is 69.3 cm³/mol. The van der Waals surface area contributed by atoms with Crippen LogP contribution in [0, 0.1) is 6.92 Å². The molecule has 0 saturated heterocycles. The van der Waals surface area contributed by atoms with E-state index in [1.54, 1.807) is 13.3 Å². The van der Waals surface area contributed by atoms with Gasteiger partial charge < -0.3 is 10.1 Å². The standard InChI is InChI=1S/C13H18N4O/c1-10-6-13(18-3)7-11(16-10)8-14-9-12-4-5-15-17(12)2/h4-7,14H,8-9H2,1-3H3. The smallest absolute Gasteiger partial charge is 0.122 e. The fourth-order valence-corrected chi connectivity index (χ4v) is 1.80. The van der Waals surface area contributed by atoms with Crippen LogP contribution in [0.4, 0.5) is 0 Å². The molecule has 0 aliphatic heterocycles. The molecule has 5 nitrogen and oxygen atoms in total. The van der Waals surface area contributed by atoms with Gasteiger partial charge in [-0.25, -0.2) is 0 Å². The Kier molecular flexibility index (Phi) is 3.94. The molecular weight excluding hydrogens is 228 g/mol. The molecule has 0 spiro atoms. The second kappa shape index (κ2) is 5.64. The van der Waals surface area contributed by atoms with Gasteiger partial charge in [0, 0.05) is 44.2 Å². The van der Waals surface area contributed by atoms with Gasteiger partial charge >= 0.3 is 0 Å². The second-order valence-corrected chi connectivity index (χ2v) is 4.19. The number of nitrogens with one attached hydrogen (secondary N) is 1. The van der Waals surface area contributed by atoms with Gasteiger partial charge in [0.1, 0.15) is 5.75 Å². The summed E-state index contributed by atoms with van der Waals surface area (Å²) in [4.78, 5) is 4.46. The van der Waals surface area contributed by atoms with E-state index in [1.165, 1.54) is 0 Å². The van der Waals surface area contributed by atoms with Crippen molar-refractivity contribution in [2.24, 2.45) is 7.05 Å². The van der Waals surface area contributed by atoms with Gasteiger partial charge in [-0.1, -0.05) is 0 Å². The van der Waals surface area contributed by atoms with Gasteiger partial charge in [-0.2, -0.15) is 5.10 Å². The van der Waals surface area contributed by atoms with Gasteiger partial charge in [0.05, 0.1) is 18.5 Å². The molecule has 96 valence electrons. The van der Waals surface area contributed by atoms with Crippen molar-refractivity contribution in [3.63, 3.8) is 0 Å². The Labute approximate surface area is 107 Å². The van der Waals surface area contributed by atoms with Crippen LogP contribution >= 0.6 is 0 Å².